The van der Waals surface area contributed by atoms with Gasteiger partial charge in [0.1, 0.15) is 5.75 Å². The van der Waals surface area contributed by atoms with E-state index in [1.165, 1.54) is 23.5 Å². The van der Waals surface area contributed by atoms with Gasteiger partial charge in [0.2, 0.25) is 0 Å². The minimum Gasteiger partial charge on any atom is -0.496 e. The minimum atomic E-state index is -0.292. The molecule has 0 atom stereocenters. The molecule has 1 N–H and O–H groups in total. The third-order valence-corrected chi connectivity index (χ3v) is 7.05. The number of carbonyl (C=O) groups is 1. The molecule has 0 aliphatic carbocycles. The number of hydrogen-bond acceptors (Lipinski definition) is 8. The molecule has 40 heavy (non-hydrogen) atoms. The zero-order valence-electron chi connectivity index (χ0n) is 23.5. The van der Waals surface area contributed by atoms with Crippen LogP contribution in [-0.4, -0.2) is 54.0 Å². The Kier molecular flexibility index (Phi) is 9.11. The van der Waals surface area contributed by atoms with Crippen LogP contribution in [0.1, 0.15) is 31.9 Å². The van der Waals surface area contributed by atoms with Crippen molar-refractivity contribution in [3.63, 3.8) is 0 Å². The van der Waals surface area contributed by atoms with Crippen LogP contribution in [0.2, 0.25) is 0 Å². The lowest BCUT2D eigenvalue weighted by molar-refractivity contribution is -0.118. The molecule has 0 radical (unpaired) electrons. The molecule has 1 amide bonds. The van der Waals surface area contributed by atoms with E-state index >= 15 is 0 Å². The summed E-state index contributed by atoms with van der Waals surface area (Å²) in [4.78, 5) is 12.7. The smallest absolute Gasteiger partial charge is 0.250 e. The van der Waals surface area contributed by atoms with E-state index in [1.807, 2.05) is 34.9 Å². The number of carbonyl (C=O) groups excluding carboxylic acids is 1. The van der Waals surface area contributed by atoms with Crippen molar-refractivity contribution in [3.8, 4) is 34.3 Å². The molecule has 9 nitrogen and oxygen atoms in total. The molecule has 0 spiro atoms. The highest BCUT2D eigenvalue weighted by molar-refractivity contribution is 7.99. The highest BCUT2D eigenvalue weighted by atomic mass is 32.2. The van der Waals surface area contributed by atoms with E-state index in [1.54, 1.807) is 33.5 Å². The monoisotopic (exact) mass is 559 g/mol. The third kappa shape index (κ3) is 6.63. The van der Waals surface area contributed by atoms with Gasteiger partial charge in [0, 0.05) is 22.9 Å². The Labute approximate surface area is 238 Å². The number of nitrogens with zero attached hydrogens (tertiary/aromatic N) is 4. The molecular formula is C30H33N5O4S. The average Bonchev–Trinajstić information content (AvgIpc) is 3.39. The first-order chi connectivity index (χ1) is 19.2. The normalized spacial score (nSPS) is 11.4. The van der Waals surface area contributed by atoms with Gasteiger partial charge in [0.25, 0.3) is 5.91 Å². The van der Waals surface area contributed by atoms with E-state index in [4.69, 9.17) is 14.2 Å². The Hall–Kier alpha value is -4.31. The van der Waals surface area contributed by atoms with Crippen molar-refractivity contribution in [1.29, 1.82) is 0 Å². The lowest BCUT2D eigenvalue weighted by Crippen LogP contribution is -2.20. The standard InChI is InChI=1S/C30H33N5O4S/c1-30(2,3)22-14-12-20(13-15-22)28-33-34-29(35(28)23-10-8-7-9-11-23)40-19-27(36)32-31-18-21-16-25(38-5)26(39-6)17-24(21)37-4/h7-18H,19H2,1-6H3,(H,32,36)/b31-18+. The summed E-state index contributed by atoms with van der Waals surface area (Å²) in [6.45, 7) is 6.55. The van der Waals surface area contributed by atoms with E-state index in [0.717, 1.165) is 11.3 Å². The number of nitrogens with one attached hydrogen (secondary N) is 1. The fourth-order valence-corrected chi connectivity index (χ4v) is 4.71. The maximum absolute atomic E-state index is 12.7. The van der Waals surface area contributed by atoms with Crippen molar-refractivity contribution < 1.29 is 19.0 Å². The Morgan fingerprint density at radius 3 is 2.20 bits per heavy atom. The summed E-state index contributed by atoms with van der Waals surface area (Å²) in [7, 11) is 4.64. The highest BCUT2D eigenvalue weighted by Gasteiger charge is 2.19. The van der Waals surface area contributed by atoms with Crippen LogP contribution in [0.5, 0.6) is 17.2 Å². The van der Waals surface area contributed by atoms with Crippen molar-refractivity contribution in [3.05, 3.63) is 77.9 Å². The Morgan fingerprint density at radius 1 is 0.925 bits per heavy atom. The van der Waals surface area contributed by atoms with Crippen LogP contribution >= 0.6 is 11.8 Å². The van der Waals surface area contributed by atoms with Crippen LogP contribution < -0.4 is 19.6 Å². The van der Waals surface area contributed by atoms with E-state index in [9.17, 15) is 4.79 Å². The molecule has 4 rings (SSSR count). The zero-order valence-corrected chi connectivity index (χ0v) is 24.3. The minimum absolute atomic E-state index is 0.0487. The topological polar surface area (TPSA) is 99.9 Å². The fourth-order valence-electron chi connectivity index (χ4n) is 3.97. The van der Waals surface area contributed by atoms with Crippen molar-refractivity contribution in [2.75, 3.05) is 27.1 Å². The Morgan fingerprint density at radius 2 is 1.57 bits per heavy atom. The molecule has 10 heteroatoms. The summed E-state index contributed by atoms with van der Waals surface area (Å²) in [6, 6.07) is 21.6. The van der Waals surface area contributed by atoms with Gasteiger partial charge < -0.3 is 14.2 Å². The number of amides is 1. The van der Waals surface area contributed by atoms with Gasteiger partial charge in [0.05, 0.1) is 33.3 Å². The van der Waals surface area contributed by atoms with Gasteiger partial charge in [-0.1, -0.05) is 75.0 Å². The number of para-hydroxylation sites is 1. The van der Waals surface area contributed by atoms with Crippen LogP contribution in [0.25, 0.3) is 17.1 Å². The van der Waals surface area contributed by atoms with Crippen LogP contribution in [0.15, 0.2) is 77.0 Å². The van der Waals surface area contributed by atoms with Crippen molar-refractivity contribution in [1.82, 2.24) is 20.2 Å². The van der Waals surface area contributed by atoms with E-state index < -0.39 is 0 Å². The largest absolute Gasteiger partial charge is 0.496 e. The summed E-state index contributed by atoms with van der Waals surface area (Å²) in [6.07, 6.45) is 1.50. The molecule has 4 aromatic rings. The third-order valence-electron chi connectivity index (χ3n) is 6.12. The van der Waals surface area contributed by atoms with Gasteiger partial charge in [-0.2, -0.15) is 5.10 Å². The predicted molar refractivity (Wildman–Crippen MR) is 158 cm³/mol. The lowest BCUT2D eigenvalue weighted by Gasteiger charge is -2.19. The number of hydrogen-bond donors (Lipinski definition) is 1. The first kappa shape index (κ1) is 28.7. The predicted octanol–water partition coefficient (Wildman–Crippen LogP) is 5.50. The molecule has 0 aliphatic heterocycles. The van der Waals surface area contributed by atoms with Gasteiger partial charge in [-0.15, -0.1) is 10.2 Å². The van der Waals surface area contributed by atoms with Crippen molar-refractivity contribution >= 4 is 23.9 Å². The van der Waals surface area contributed by atoms with Crippen molar-refractivity contribution in [2.45, 2.75) is 31.3 Å². The number of benzene rings is 3. The van der Waals surface area contributed by atoms with Crippen LogP contribution in [0, 0.1) is 0 Å². The maximum atomic E-state index is 12.7. The summed E-state index contributed by atoms with van der Waals surface area (Å²) in [5, 5.41) is 13.6. The molecule has 0 fully saturated rings. The summed E-state index contributed by atoms with van der Waals surface area (Å²) in [5.74, 6) is 2.09. The molecule has 1 aromatic heterocycles. The highest BCUT2D eigenvalue weighted by Crippen LogP contribution is 2.34. The van der Waals surface area contributed by atoms with Gasteiger partial charge in [-0.3, -0.25) is 9.36 Å². The SMILES string of the molecule is COc1cc(OC)c(OC)cc1/C=N/NC(=O)CSc1nnc(-c2ccc(C(C)(C)C)cc2)n1-c1ccccc1. The van der Waals surface area contributed by atoms with E-state index in [-0.39, 0.29) is 17.1 Å². The second kappa shape index (κ2) is 12.7. The number of thioether (sulfide) groups is 1. The molecule has 0 saturated carbocycles. The molecule has 0 bridgehead atoms. The molecule has 0 saturated heterocycles. The second-order valence-corrected chi connectivity index (χ2v) is 10.8. The molecule has 1 heterocycles. The number of methoxy groups -OCH3 is 3. The first-order valence-electron chi connectivity index (χ1n) is 12.6. The zero-order chi connectivity index (χ0) is 28.7. The van der Waals surface area contributed by atoms with Crippen molar-refractivity contribution in [2.24, 2.45) is 5.10 Å². The molecular weight excluding hydrogens is 526 g/mol. The number of hydrazone groups is 1. The van der Waals surface area contributed by atoms with Gasteiger partial charge in [0.15, 0.2) is 22.5 Å². The number of aromatic nitrogens is 3. The average molecular weight is 560 g/mol. The summed E-state index contributed by atoms with van der Waals surface area (Å²) in [5.41, 5.74) is 6.32. The van der Waals surface area contributed by atoms with Crippen LogP contribution in [0.4, 0.5) is 0 Å². The molecule has 208 valence electrons. The van der Waals surface area contributed by atoms with Gasteiger partial charge >= 0.3 is 0 Å². The number of ether oxygens (including phenoxy) is 3. The van der Waals surface area contributed by atoms with Crippen LogP contribution in [-0.2, 0) is 10.2 Å². The first-order valence-corrected chi connectivity index (χ1v) is 13.6. The quantitative estimate of drug-likeness (QED) is 0.156. The van der Waals surface area contributed by atoms with Crippen LogP contribution in [0.3, 0.4) is 0 Å². The Bertz CT molecular complexity index is 1480. The summed E-state index contributed by atoms with van der Waals surface area (Å²) >= 11 is 1.28. The maximum Gasteiger partial charge on any atom is 0.250 e. The van der Waals surface area contributed by atoms with E-state index in [0.29, 0.717) is 33.8 Å². The Balaban J connectivity index is 1.50. The lowest BCUT2D eigenvalue weighted by atomic mass is 9.87. The van der Waals surface area contributed by atoms with E-state index in [2.05, 4.69) is 65.8 Å². The molecule has 0 aliphatic rings. The molecule has 3 aromatic carbocycles. The van der Waals surface area contributed by atoms with Gasteiger partial charge in [-0.25, -0.2) is 5.43 Å². The van der Waals surface area contributed by atoms with Gasteiger partial charge in [-0.05, 0) is 29.2 Å². The number of rotatable bonds is 10. The molecule has 0 unspecified atom stereocenters. The summed E-state index contributed by atoms with van der Waals surface area (Å²) < 4.78 is 18.0. The second-order valence-electron chi connectivity index (χ2n) is 9.84. The fraction of sp³-hybridized carbons (Fsp3) is 0.267.